The summed E-state index contributed by atoms with van der Waals surface area (Å²) < 4.78 is 7.10. The molecule has 0 unspecified atom stereocenters. The molecule has 0 amide bonds. The molecule has 4 aromatic rings. The first-order valence-electron chi connectivity index (χ1n) is 11.4. The van der Waals surface area contributed by atoms with Gasteiger partial charge in [0, 0.05) is 28.9 Å². The molecule has 0 saturated carbocycles. The molecule has 2 N–H and O–H groups in total. The summed E-state index contributed by atoms with van der Waals surface area (Å²) in [5, 5.41) is 32.1. The van der Waals surface area contributed by atoms with Crippen molar-refractivity contribution in [2.24, 2.45) is 0 Å². The molecule has 3 aromatic heterocycles. The number of benzene rings is 1. The molecule has 1 aliphatic rings. The first-order valence-corrected chi connectivity index (χ1v) is 11.4. The Hall–Kier alpha value is -3.59. The lowest BCUT2D eigenvalue weighted by molar-refractivity contribution is 0.127. The van der Waals surface area contributed by atoms with Gasteiger partial charge in [0.15, 0.2) is 0 Å². The van der Waals surface area contributed by atoms with Crippen molar-refractivity contribution in [2.75, 3.05) is 7.11 Å². The van der Waals surface area contributed by atoms with Crippen LogP contribution in [-0.2, 0) is 0 Å². The number of fused-ring (bicyclic) bond motifs is 1. The van der Waals surface area contributed by atoms with E-state index in [0.717, 1.165) is 24.0 Å². The molecule has 0 radical (unpaired) electrons. The number of rotatable bonds is 4. The molecular weight excluding hydrogens is 430 g/mol. The summed E-state index contributed by atoms with van der Waals surface area (Å²) in [4.78, 5) is 4.13. The Morgan fingerprint density at radius 2 is 1.71 bits per heavy atom. The number of piperidine rings is 1. The van der Waals surface area contributed by atoms with Crippen molar-refractivity contribution in [3.8, 4) is 34.0 Å². The molecule has 0 aliphatic carbocycles. The van der Waals surface area contributed by atoms with Gasteiger partial charge in [0.1, 0.15) is 11.3 Å². The zero-order chi connectivity index (χ0) is 24.1. The van der Waals surface area contributed by atoms with E-state index in [0.29, 0.717) is 28.3 Å². The van der Waals surface area contributed by atoms with Gasteiger partial charge in [0.2, 0.25) is 11.5 Å². The van der Waals surface area contributed by atoms with E-state index in [1.54, 1.807) is 19.4 Å². The van der Waals surface area contributed by atoms with Crippen molar-refractivity contribution < 1.29 is 9.84 Å². The number of phenolic OH excluding ortho intramolecular Hbond substituents is 1. The van der Waals surface area contributed by atoms with Crippen LogP contribution in [0.25, 0.3) is 33.5 Å². The van der Waals surface area contributed by atoms with E-state index in [2.05, 4.69) is 58.5 Å². The van der Waals surface area contributed by atoms with Crippen LogP contribution in [0.3, 0.4) is 0 Å². The quantitative estimate of drug-likeness (QED) is 0.468. The average Bonchev–Trinajstić information content (AvgIpc) is 3.20. The second kappa shape index (κ2) is 8.02. The molecule has 1 aliphatic heterocycles. The van der Waals surface area contributed by atoms with Gasteiger partial charge >= 0.3 is 0 Å². The van der Waals surface area contributed by atoms with Crippen molar-refractivity contribution in [3.05, 3.63) is 42.6 Å². The second-order valence-electron chi connectivity index (χ2n) is 10.2. The third kappa shape index (κ3) is 4.19. The summed E-state index contributed by atoms with van der Waals surface area (Å²) >= 11 is 0. The zero-order valence-electron chi connectivity index (χ0n) is 20.1. The van der Waals surface area contributed by atoms with Gasteiger partial charge < -0.3 is 15.2 Å². The lowest BCUT2D eigenvalue weighted by Gasteiger charge is -2.46. The van der Waals surface area contributed by atoms with Crippen LogP contribution in [0.1, 0.15) is 46.6 Å². The second-order valence-corrected chi connectivity index (χ2v) is 10.2. The first-order chi connectivity index (χ1) is 16.1. The van der Waals surface area contributed by atoms with Gasteiger partial charge in [0.25, 0.3) is 0 Å². The van der Waals surface area contributed by atoms with Crippen LogP contribution in [-0.4, -0.2) is 53.5 Å². The molecule has 9 nitrogen and oxygen atoms in total. The molecule has 1 fully saturated rings. The monoisotopic (exact) mass is 459 g/mol. The number of hydrogen-bond donors (Lipinski definition) is 2. The fourth-order valence-electron chi connectivity index (χ4n) is 5.20. The summed E-state index contributed by atoms with van der Waals surface area (Å²) in [6.07, 6.45) is 3.51. The van der Waals surface area contributed by atoms with Gasteiger partial charge in [-0.1, -0.05) is 11.3 Å². The van der Waals surface area contributed by atoms with Gasteiger partial charge in [-0.3, -0.25) is 0 Å². The fraction of sp³-hybridized carbons (Fsp3) is 0.400. The zero-order valence-corrected chi connectivity index (χ0v) is 20.1. The van der Waals surface area contributed by atoms with Gasteiger partial charge in [-0.25, -0.2) is 9.67 Å². The Bertz CT molecular complexity index is 1350. The smallest absolute Gasteiger partial charge is 0.213 e. The Labute approximate surface area is 198 Å². The van der Waals surface area contributed by atoms with Crippen molar-refractivity contribution in [1.82, 2.24) is 35.5 Å². The molecule has 0 bridgehead atoms. The van der Waals surface area contributed by atoms with E-state index in [1.165, 1.54) is 0 Å². The van der Waals surface area contributed by atoms with Crippen LogP contribution < -0.4 is 10.1 Å². The van der Waals surface area contributed by atoms with Crippen molar-refractivity contribution in [2.45, 2.75) is 57.7 Å². The normalized spacial score (nSPS) is 17.7. The summed E-state index contributed by atoms with van der Waals surface area (Å²) in [5.74, 6) is 0.622. The Balaban J connectivity index is 1.47. The number of hydrogen-bond acceptors (Lipinski definition) is 8. The van der Waals surface area contributed by atoms with E-state index in [1.807, 2.05) is 35.0 Å². The maximum Gasteiger partial charge on any atom is 0.213 e. The predicted molar refractivity (Wildman–Crippen MR) is 130 cm³/mol. The largest absolute Gasteiger partial charge is 0.507 e. The minimum Gasteiger partial charge on any atom is -0.507 e. The minimum absolute atomic E-state index is 0.0234. The van der Waals surface area contributed by atoms with Crippen molar-refractivity contribution in [3.63, 3.8) is 0 Å². The summed E-state index contributed by atoms with van der Waals surface area (Å²) in [7, 11) is 1.57. The molecule has 1 aromatic carbocycles. The lowest BCUT2D eigenvalue weighted by Crippen LogP contribution is -2.58. The molecule has 0 spiro atoms. The molecule has 4 heterocycles. The van der Waals surface area contributed by atoms with E-state index in [4.69, 9.17) is 4.74 Å². The summed E-state index contributed by atoms with van der Waals surface area (Å²) in [6, 6.07) is 11.1. The molecule has 1 saturated heterocycles. The predicted octanol–water partition coefficient (Wildman–Crippen LogP) is 4.15. The number of pyridine rings is 1. The van der Waals surface area contributed by atoms with Crippen LogP contribution in [0.5, 0.6) is 11.6 Å². The Morgan fingerprint density at radius 1 is 0.971 bits per heavy atom. The molecule has 176 valence electrons. The van der Waals surface area contributed by atoms with E-state index >= 15 is 0 Å². The highest BCUT2D eigenvalue weighted by atomic mass is 16.5. The third-order valence-corrected chi connectivity index (χ3v) is 6.29. The van der Waals surface area contributed by atoms with Gasteiger partial charge in [-0.2, -0.15) is 0 Å². The number of nitrogens with one attached hydrogen (secondary N) is 1. The lowest BCUT2D eigenvalue weighted by atomic mass is 9.80. The third-order valence-electron chi connectivity index (χ3n) is 6.29. The van der Waals surface area contributed by atoms with Crippen LogP contribution >= 0.6 is 0 Å². The van der Waals surface area contributed by atoms with Crippen LogP contribution in [0.2, 0.25) is 0 Å². The minimum atomic E-state index is -0.0234. The number of methoxy groups -OCH3 is 1. The summed E-state index contributed by atoms with van der Waals surface area (Å²) in [5.41, 5.74) is 4.13. The SMILES string of the molecule is COc1cc(-c2ccc(-c3cc4nnn(C5CC(C)(C)NC(C)(C)C5)c4nn3)c(O)c2)ccn1. The molecule has 9 heteroatoms. The topological polar surface area (TPSA) is 111 Å². The fourth-order valence-corrected chi connectivity index (χ4v) is 5.20. The Morgan fingerprint density at radius 3 is 2.41 bits per heavy atom. The van der Waals surface area contributed by atoms with Crippen molar-refractivity contribution >= 4 is 11.2 Å². The molecule has 0 atom stereocenters. The first kappa shape index (κ1) is 22.2. The number of aromatic hydroxyl groups is 1. The number of nitrogens with zero attached hydrogens (tertiary/aromatic N) is 6. The van der Waals surface area contributed by atoms with E-state index in [-0.39, 0.29) is 22.9 Å². The standard InChI is InChI=1S/C25H29N7O2/c1-24(2)13-17(14-25(3,4)30-24)32-23-20(28-31-32)12-19(27-29-23)18-7-6-15(10-21(18)33)16-8-9-26-22(11-16)34-5/h6-12,17,30,33H,13-14H2,1-5H3. The number of ether oxygens (including phenoxy) is 1. The van der Waals surface area contributed by atoms with E-state index < -0.39 is 0 Å². The molecule has 34 heavy (non-hydrogen) atoms. The maximum atomic E-state index is 10.8. The van der Waals surface area contributed by atoms with Gasteiger partial charge in [-0.05, 0) is 75.9 Å². The number of aromatic nitrogens is 6. The van der Waals surface area contributed by atoms with Gasteiger partial charge in [0.05, 0.1) is 18.8 Å². The van der Waals surface area contributed by atoms with Crippen LogP contribution in [0.15, 0.2) is 42.6 Å². The molecule has 5 rings (SSSR count). The molecular formula is C25H29N7O2. The Kier molecular flexibility index (Phi) is 5.24. The average molecular weight is 460 g/mol. The van der Waals surface area contributed by atoms with Crippen LogP contribution in [0.4, 0.5) is 0 Å². The maximum absolute atomic E-state index is 10.8. The van der Waals surface area contributed by atoms with Crippen molar-refractivity contribution in [1.29, 1.82) is 0 Å². The van der Waals surface area contributed by atoms with Gasteiger partial charge in [-0.15, -0.1) is 15.3 Å². The van der Waals surface area contributed by atoms with E-state index in [9.17, 15) is 5.11 Å². The highest BCUT2D eigenvalue weighted by Gasteiger charge is 2.39. The highest BCUT2D eigenvalue weighted by molar-refractivity contribution is 5.79. The van der Waals surface area contributed by atoms with Crippen LogP contribution in [0, 0.1) is 0 Å². The summed E-state index contributed by atoms with van der Waals surface area (Å²) in [6.45, 7) is 8.83. The number of phenols is 1. The highest BCUT2D eigenvalue weighted by Crippen LogP contribution is 2.37.